The second-order valence-electron chi connectivity index (χ2n) is 4.16. The van der Waals surface area contributed by atoms with Gasteiger partial charge in [0.15, 0.2) is 6.29 Å². The maximum absolute atomic E-state index is 8.63. The van der Waals surface area contributed by atoms with Crippen molar-refractivity contribution in [3.8, 4) is 5.75 Å². The lowest BCUT2D eigenvalue weighted by molar-refractivity contribution is -0.0760. The number of hydrogen-bond acceptors (Lipinski definition) is 3. The van der Waals surface area contributed by atoms with Crippen LogP contribution in [0.15, 0.2) is 24.3 Å². The van der Waals surface area contributed by atoms with E-state index in [0.717, 1.165) is 12.2 Å². The van der Waals surface area contributed by atoms with Crippen molar-refractivity contribution in [3.05, 3.63) is 29.8 Å². The molecule has 1 N–H and O–H groups in total. The zero-order valence-electron chi connectivity index (χ0n) is 10.8. The third-order valence-corrected chi connectivity index (χ3v) is 2.81. The Balaban J connectivity index is 2.50. The van der Waals surface area contributed by atoms with Gasteiger partial charge in [-0.1, -0.05) is 26.0 Å². The van der Waals surface area contributed by atoms with E-state index < -0.39 is 0 Å². The van der Waals surface area contributed by atoms with Crippen LogP contribution in [0.2, 0.25) is 0 Å². The highest BCUT2D eigenvalue weighted by atomic mass is 16.7. The number of rotatable bonds is 7. The zero-order valence-corrected chi connectivity index (χ0v) is 10.8. The molecule has 0 aliphatic heterocycles. The first-order chi connectivity index (χ1) is 8.17. The van der Waals surface area contributed by atoms with Crippen molar-refractivity contribution in [1.82, 2.24) is 0 Å². The smallest absolute Gasteiger partial charge is 0.197 e. The first kappa shape index (κ1) is 14.0. The maximum atomic E-state index is 8.63. The fourth-order valence-electron chi connectivity index (χ4n) is 1.55. The number of benzene rings is 1. The van der Waals surface area contributed by atoms with E-state index in [4.69, 9.17) is 14.6 Å². The van der Waals surface area contributed by atoms with Gasteiger partial charge < -0.3 is 14.6 Å². The predicted octanol–water partition coefficient (Wildman–Crippen LogP) is 2.93. The van der Waals surface area contributed by atoms with Gasteiger partial charge in [-0.05, 0) is 37.0 Å². The molecule has 1 aromatic rings. The second kappa shape index (κ2) is 7.30. The Hall–Kier alpha value is -1.06. The van der Waals surface area contributed by atoms with E-state index in [9.17, 15) is 0 Å². The summed E-state index contributed by atoms with van der Waals surface area (Å²) in [6.45, 7) is 6.52. The lowest BCUT2D eigenvalue weighted by Gasteiger charge is -2.15. The lowest BCUT2D eigenvalue weighted by atomic mass is 9.99. The van der Waals surface area contributed by atoms with Crippen LogP contribution in [0.5, 0.6) is 5.75 Å². The molecule has 96 valence electrons. The van der Waals surface area contributed by atoms with Gasteiger partial charge >= 0.3 is 0 Å². The minimum Gasteiger partial charge on any atom is -0.465 e. The number of aliphatic hydroxyl groups excluding tert-OH is 1. The molecule has 0 saturated heterocycles. The van der Waals surface area contributed by atoms with Crippen LogP contribution in [-0.2, 0) is 4.74 Å². The summed E-state index contributed by atoms with van der Waals surface area (Å²) in [7, 11) is 0. The van der Waals surface area contributed by atoms with Crippen LogP contribution in [0.25, 0.3) is 0 Å². The van der Waals surface area contributed by atoms with Gasteiger partial charge in [0.25, 0.3) is 0 Å². The van der Waals surface area contributed by atoms with Crippen molar-refractivity contribution < 1.29 is 14.6 Å². The third kappa shape index (κ3) is 4.75. The van der Waals surface area contributed by atoms with Gasteiger partial charge in [0.05, 0.1) is 13.2 Å². The van der Waals surface area contributed by atoms with E-state index in [1.807, 2.05) is 19.1 Å². The maximum Gasteiger partial charge on any atom is 0.197 e. The molecule has 0 bridgehead atoms. The summed E-state index contributed by atoms with van der Waals surface area (Å²) in [6, 6.07) is 8.09. The van der Waals surface area contributed by atoms with Gasteiger partial charge in [-0.25, -0.2) is 0 Å². The molecule has 0 heterocycles. The Bertz CT molecular complexity index is 308. The standard InChI is InChI=1S/C14H22O3/c1-4-11(2)13-5-7-14(8-6-13)17-12(3)16-10-9-15/h5-8,11-12,15H,4,9-10H2,1-3H3. The Morgan fingerprint density at radius 2 is 1.82 bits per heavy atom. The number of hydrogen-bond donors (Lipinski definition) is 1. The Labute approximate surface area is 103 Å². The second-order valence-corrected chi connectivity index (χ2v) is 4.16. The van der Waals surface area contributed by atoms with Gasteiger partial charge in [0.1, 0.15) is 5.75 Å². The molecular weight excluding hydrogens is 216 g/mol. The summed E-state index contributed by atoms with van der Waals surface area (Å²) >= 11 is 0. The van der Waals surface area contributed by atoms with Crippen molar-refractivity contribution in [2.75, 3.05) is 13.2 Å². The third-order valence-electron chi connectivity index (χ3n) is 2.81. The SMILES string of the molecule is CCC(C)c1ccc(OC(C)OCCO)cc1. The largest absolute Gasteiger partial charge is 0.465 e. The summed E-state index contributed by atoms with van der Waals surface area (Å²) in [6.07, 6.45) is 0.799. The van der Waals surface area contributed by atoms with Crippen molar-refractivity contribution in [1.29, 1.82) is 0 Å². The van der Waals surface area contributed by atoms with Crippen LogP contribution in [0.1, 0.15) is 38.7 Å². The molecule has 0 aromatic heterocycles. The first-order valence-electron chi connectivity index (χ1n) is 6.16. The van der Waals surface area contributed by atoms with Crippen molar-refractivity contribution in [2.45, 2.75) is 39.4 Å². The average Bonchev–Trinajstić information content (AvgIpc) is 2.36. The highest BCUT2D eigenvalue weighted by Gasteiger charge is 2.05. The number of aliphatic hydroxyl groups is 1. The van der Waals surface area contributed by atoms with E-state index in [-0.39, 0.29) is 12.9 Å². The molecule has 0 fully saturated rings. The van der Waals surface area contributed by atoms with Crippen LogP contribution >= 0.6 is 0 Å². The van der Waals surface area contributed by atoms with Gasteiger partial charge in [0.2, 0.25) is 0 Å². The topological polar surface area (TPSA) is 38.7 Å². The van der Waals surface area contributed by atoms with Crippen LogP contribution in [0.4, 0.5) is 0 Å². The van der Waals surface area contributed by atoms with Crippen molar-refractivity contribution in [2.24, 2.45) is 0 Å². The molecule has 2 atom stereocenters. The molecule has 1 rings (SSSR count). The number of ether oxygens (including phenoxy) is 2. The van der Waals surface area contributed by atoms with Crippen LogP contribution in [0.3, 0.4) is 0 Å². The van der Waals surface area contributed by atoms with Gasteiger partial charge in [-0.2, -0.15) is 0 Å². The zero-order chi connectivity index (χ0) is 12.7. The molecule has 1 aromatic carbocycles. The van der Waals surface area contributed by atoms with E-state index in [1.54, 1.807) is 0 Å². The first-order valence-corrected chi connectivity index (χ1v) is 6.16. The summed E-state index contributed by atoms with van der Waals surface area (Å²) in [5.74, 6) is 1.37. The molecule has 0 spiro atoms. The highest BCUT2D eigenvalue weighted by Crippen LogP contribution is 2.22. The summed E-state index contributed by atoms with van der Waals surface area (Å²) in [5, 5.41) is 8.63. The molecule has 0 saturated carbocycles. The predicted molar refractivity (Wildman–Crippen MR) is 68.3 cm³/mol. The van der Waals surface area contributed by atoms with E-state index in [0.29, 0.717) is 12.5 Å². The Morgan fingerprint density at radius 3 is 2.35 bits per heavy atom. The van der Waals surface area contributed by atoms with Gasteiger partial charge in [-0.15, -0.1) is 0 Å². The van der Waals surface area contributed by atoms with Crippen molar-refractivity contribution in [3.63, 3.8) is 0 Å². The summed E-state index contributed by atoms with van der Waals surface area (Å²) in [5.41, 5.74) is 1.32. The minimum absolute atomic E-state index is 0.0145. The fraction of sp³-hybridized carbons (Fsp3) is 0.571. The fourth-order valence-corrected chi connectivity index (χ4v) is 1.55. The van der Waals surface area contributed by atoms with Gasteiger partial charge in [0, 0.05) is 0 Å². The molecule has 2 unspecified atom stereocenters. The van der Waals surface area contributed by atoms with E-state index >= 15 is 0 Å². The minimum atomic E-state index is -0.336. The Morgan fingerprint density at radius 1 is 1.18 bits per heavy atom. The average molecular weight is 238 g/mol. The normalized spacial score (nSPS) is 14.4. The molecule has 3 heteroatoms. The molecule has 3 nitrogen and oxygen atoms in total. The monoisotopic (exact) mass is 238 g/mol. The molecule has 0 amide bonds. The van der Waals surface area contributed by atoms with Gasteiger partial charge in [-0.3, -0.25) is 0 Å². The Kier molecular flexibility index (Phi) is 6.01. The molecule has 0 aliphatic carbocycles. The van der Waals surface area contributed by atoms with Crippen LogP contribution in [-0.4, -0.2) is 24.6 Å². The van der Waals surface area contributed by atoms with Crippen molar-refractivity contribution >= 4 is 0 Å². The summed E-state index contributed by atoms with van der Waals surface area (Å²) < 4.78 is 10.8. The quantitative estimate of drug-likeness (QED) is 0.742. The lowest BCUT2D eigenvalue weighted by Crippen LogP contribution is -2.18. The molecule has 0 radical (unpaired) electrons. The summed E-state index contributed by atoms with van der Waals surface area (Å²) in [4.78, 5) is 0. The van der Waals surface area contributed by atoms with E-state index in [1.165, 1.54) is 5.56 Å². The van der Waals surface area contributed by atoms with E-state index in [2.05, 4.69) is 26.0 Å². The van der Waals surface area contributed by atoms with Crippen LogP contribution in [0, 0.1) is 0 Å². The molecule has 0 aliphatic rings. The molecular formula is C14H22O3. The molecule has 17 heavy (non-hydrogen) atoms. The highest BCUT2D eigenvalue weighted by molar-refractivity contribution is 5.29. The van der Waals surface area contributed by atoms with Crippen LogP contribution < -0.4 is 4.74 Å².